The number of hydrogen-bond donors (Lipinski definition) is 9. The predicted molar refractivity (Wildman–Crippen MR) is 183 cm³/mol. The number of carboxylic acid groups (broad SMARTS) is 4. The van der Waals surface area contributed by atoms with Crippen molar-refractivity contribution in [3.8, 4) is 0 Å². The van der Waals surface area contributed by atoms with Crippen molar-refractivity contribution in [2.45, 2.75) is 75.5 Å². The number of esters is 4. The van der Waals surface area contributed by atoms with Crippen LogP contribution in [0.25, 0.3) is 0 Å². The molecule has 0 spiro atoms. The van der Waals surface area contributed by atoms with Crippen LogP contribution in [0.2, 0.25) is 0 Å². The molecule has 54 heavy (non-hydrogen) atoms. The van der Waals surface area contributed by atoms with Crippen LogP contribution in [0, 0.1) is 0 Å². The van der Waals surface area contributed by atoms with Crippen LogP contribution >= 0.6 is 20.2 Å². The zero-order valence-electron chi connectivity index (χ0n) is 29.4. The number of aliphatic carboxylic acids is 4. The Kier molecular flexibility index (Phi) is 30.0. The number of rotatable bonds is 20. The second kappa shape index (κ2) is 32.0. The molecule has 1 saturated heterocycles. The van der Waals surface area contributed by atoms with E-state index in [4.69, 9.17) is 59.6 Å². The molecule has 0 aromatic rings. The summed E-state index contributed by atoms with van der Waals surface area (Å²) in [5.41, 5.74) is 0. The van der Waals surface area contributed by atoms with Gasteiger partial charge in [0.25, 0.3) is 0 Å². The maximum absolute atomic E-state index is 12.2. The van der Waals surface area contributed by atoms with Crippen molar-refractivity contribution in [1.82, 2.24) is 26.6 Å². The monoisotopic (exact) mass is 860 g/mol. The molecule has 0 saturated carbocycles. The summed E-state index contributed by atoms with van der Waals surface area (Å²) < 4.78 is 21.1. The van der Waals surface area contributed by atoms with E-state index in [1.54, 1.807) is 0 Å². The van der Waals surface area contributed by atoms with Crippen molar-refractivity contribution in [1.29, 1.82) is 0 Å². The number of carboxylic acids is 4. The zero-order valence-corrected chi connectivity index (χ0v) is 32.1. The fourth-order valence-corrected chi connectivity index (χ4v) is 4.23. The fraction of sp³-hybridized carbons (Fsp3) is 0.733. The first kappa shape index (κ1) is 50.7. The second-order valence-corrected chi connectivity index (χ2v) is 13.5. The van der Waals surface area contributed by atoms with E-state index < -0.39 is 97.6 Å². The Morgan fingerprint density at radius 3 is 0.981 bits per heavy atom. The molecule has 9 N–H and O–H groups in total. The van der Waals surface area contributed by atoms with Gasteiger partial charge in [-0.1, -0.05) is 0 Å². The minimum atomic E-state index is -1.18. The van der Waals surface area contributed by atoms with Crippen LogP contribution in [0.15, 0.2) is 0 Å². The Balaban J connectivity index is 0.00000903. The molecule has 0 bridgehead atoms. The van der Waals surface area contributed by atoms with Crippen molar-refractivity contribution >= 4 is 68.0 Å². The Labute approximate surface area is 325 Å². The molecular formula is C30H49Cl2MnN5O16. The van der Waals surface area contributed by atoms with Gasteiger partial charge in [-0.15, -0.1) is 0 Å². The van der Waals surface area contributed by atoms with Crippen molar-refractivity contribution in [3.05, 3.63) is 0 Å². The van der Waals surface area contributed by atoms with E-state index in [1.807, 2.05) is 0 Å². The molecule has 0 unspecified atom stereocenters. The van der Waals surface area contributed by atoms with E-state index >= 15 is 0 Å². The summed E-state index contributed by atoms with van der Waals surface area (Å²) in [4.78, 5) is 91.9. The van der Waals surface area contributed by atoms with Crippen LogP contribution < -0.4 is 26.6 Å². The summed E-state index contributed by atoms with van der Waals surface area (Å²) in [6, 6.07) is -2.26. The molecule has 311 valence electrons. The summed E-state index contributed by atoms with van der Waals surface area (Å²) >= 11 is 0.00694. The Morgan fingerprint density at radius 2 is 0.704 bits per heavy atom. The number of halogens is 2. The van der Waals surface area contributed by atoms with Gasteiger partial charge in [-0.05, 0) is 0 Å². The van der Waals surface area contributed by atoms with Gasteiger partial charge in [0.1, 0.15) is 26.4 Å². The zero-order chi connectivity index (χ0) is 40.7. The third-order valence-electron chi connectivity index (χ3n) is 7.04. The van der Waals surface area contributed by atoms with Crippen LogP contribution in [0.3, 0.4) is 0 Å². The van der Waals surface area contributed by atoms with E-state index in [9.17, 15) is 38.4 Å². The molecule has 0 radical (unpaired) electrons. The summed E-state index contributed by atoms with van der Waals surface area (Å²) in [6.45, 7) is 0.650. The van der Waals surface area contributed by atoms with Crippen LogP contribution in [0.4, 0.5) is 0 Å². The van der Waals surface area contributed by atoms with E-state index in [0.717, 1.165) is 0 Å². The SMILES string of the molecule is O=C(O)CCC(=O)OC[C@H]1CN[C@H](COC(=O)CCC(=O)O)CN[C@@H](COC(=O)CCC(=O)O)CN[C@H](COC(=O)CCC(=O)O)CNCCN1.[Cl][Mn][Cl]. The third kappa shape index (κ3) is 31.1. The Morgan fingerprint density at radius 1 is 0.444 bits per heavy atom. The molecule has 21 nitrogen and oxygen atoms in total. The van der Waals surface area contributed by atoms with Gasteiger partial charge in [-0.25, -0.2) is 0 Å². The maximum atomic E-state index is 12.2. The van der Waals surface area contributed by atoms with E-state index in [0.29, 0.717) is 13.1 Å². The average Bonchev–Trinajstić information content (AvgIpc) is 3.12. The first-order chi connectivity index (χ1) is 25.6. The van der Waals surface area contributed by atoms with E-state index in [-0.39, 0.29) is 91.4 Å². The second-order valence-electron chi connectivity index (χ2n) is 11.5. The Bertz CT molecular complexity index is 1100. The van der Waals surface area contributed by atoms with Crippen molar-refractivity contribution in [2.24, 2.45) is 0 Å². The molecule has 1 fully saturated rings. The molecule has 1 aliphatic heterocycles. The summed E-state index contributed by atoms with van der Waals surface area (Å²) in [7, 11) is 9.59. The van der Waals surface area contributed by atoms with Gasteiger partial charge >= 0.3 is 81.1 Å². The number of carbonyl (C=O) groups is 8. The molecule has 1 aliphatic rings. The molecule has 24 heteroatoms. The van der Waals surface area contributed by atoms with E-state index in [1.165, 1.54) is 0 Å². The van der Waals surface area contributed by atoms with Gasteiger partial charge in [0.15, 0.2) is 0 Å². The quantitative estimate of drug-likeness (QED) is 0.0379. The van der Waals surface area contributed by atoms with Crippen molar-refractivity contribution < 1.29 is 90.9 Å². The van der Waals surface area contributed by atoms with Crippen LogP contribution in [0.1, 0.15) is 51.4 Å². The molecule has 0 amide bonds. The number of ether oxygens (including phenoxy) is 4. The molecule has 0 aliphatic carbocycles. The minimum absolute atomic E-state index is 0.00694. The van der Waals surface area contributed by atoms with Gasteiger partial charge in [-0.3, -0.25) is 38.4 Å². The third-order valence-corrected chi connectivity index (χ3v) is 7.04. The van der Waals surface area contributed by atoms with Crippen molar-refractivity contribution in [3.63, 3.8) is 0 Å². The van der Waals surface area contributed by atoms with E-state index in [2.05, 4.69) is 26.6 Å². The molecule has 0 aromatic carbocycles. The average molecular weight is 862 g/mol. The van der Waals surface area contributed by atoms with Gasteiger partial charge in [-0.2, -0.15) is 0 Å². The van der Waals surface area contributed by atoms with Crippen molar-refractivity contribution in [2.75, 3.05) is 65.7 Å². The summed E-state index contributed by atoms with van der Waals surface area (Å²) in [5, 5.41) is 51.4. The molecule has 1 heterocycles. The number of carbonyl (C=O) groups excluding carboxylic acids is 4. The molecule has 0 aromatic heterocycles. The van der Waals surface area contributed by atoms with Gasteiger partial charge in [0.05, 0.1) is 75.5 Å². The standard InChI is InChI=1S/C30H49N5O16.2ClH.Mn/c36-23(37)1-5-27(44)48-15-19-11-31-9-10-32-20(16-49-28(45)6-2-24(38)39)12-34-22(18-51-30(47)8-4-26(42)43)14-35-21(13-33-19)17-50-29(46)7-3-25(40)41;;;/h19-22,31-35H,1-18H2,(H,36,37)(H,38,39)(H,40,41)(H,42,43);2*1H;/q;;;+2/p-2/t19-,20+,21+,22-;;;/m0.../s1. The van der Waals surface area contributed by atoms with Crippen LogP contribution in [-0.4, -0.2) is 158 Å². The molecule has 4 atom stereocenters. The summed E-state index contributed by atoms with van der Waals surface area (Å²) in [6.07, 6.45) is -3.04. The van der Waals surface area contributed by atoms with Crippen LogP contribution in [0.5, 0.6) is 0 Å². The first-order valence-corrected chi connectivity index (χ1v) is 19.9. The predicted octanol–water partition coefficient (Wildman–Crippen LogP) is -1.57. The number of hydrogen-bond acceptors (Lipinski definition) is 17. The van der Waals surface area contributed by atoms with Crippen LogP contribution in [-0.2, 0) is 70.4 Å². The van der Waals surface area contributed by atoms with Gasteiger partial charge in [0, 0.05) is 39.3 Å². The Hall–Kier alpha value is -3.34. The normalized spacial score (nSPS) is 19.6. The first-order valence-electron chi connectivity index (χ1n) is 16.7. The van der Waals surface area contributed by atoms with Gasteiger partial charge < -0.3 is 66.0 Å². The summed E-state index contributed by atoms with van der Waals surface area (Å²) in [5.74, 6) is -7.61. The topological polar surface area (TPSA) is 315 Å². The molecular weight excluding hydrogens is 812 g/mol. The fourth-order valence-electron chi connectivity index (χ4n) is 4.23. The molecule has 1 rings (SSSR count). The van der Waals surface area contributed by atoms with Gasteiger partial charge in [0.2, 0.25) is 0 Å². The number of nitrogens with one attached hydrogen (secondary N) is 5.